The van der Waals surface area contributed by atoms with Crippen molar-refractivity contribution in [3.63, 3.8) is 0 Å². The van der Waals surface area contributed by atoms with E-state index < -0.39 is 0 Å². The van der Waals surface area contributed by atoms with E-state index in [9.17, 15) is 0 Å². The Hall–Kier alpha value is -0.440. The second-order valence-corrected chi connectivity index (χ2v) is 0.454. The van der Waals surface area contributed by atoms with Crippen LogP contribution in [0.3, 0.4) is 0 Å². The van der Waals surface area contributed by atoms with E-state index in [4.69, 9.17) is 6.42 Å². The molecule has 0 aliphatic carbocycles. The van der Waals surface area contributed by atoms with E-state index in [2.05, 4.69) is 12.8 Å². The van der Waals surface area contributed by atoms with Crippen molar-refractivity contribution in [3.8, 4) is 12.3 Å². The standard InChI is InChI=1S/C4H5/c1-3-4-2/h1H,2,4H2. The van der Waals surface area contributed by atoms with Gasteiger partial charge in [-0.3, -0.25) is 0 Å². The number of hydrogen-bond donors (Lipinski definition) is 0. The molecule has 0 aliphatic heterocycles. The van der Waals surface area contributed by atoms with E-state index in [0.29, 0.717) is 6.42 Å². The molecule has 0 N–H and O–H groups in total. The van der Waals surface area contributed by atoms with E-state index >= 15 is 0 Å². The molecule has 0 saturated heterocycles. The van der Waals surface area contributed by atoms with Crippen molar-refractivity contribution in [2.75, 3.05) is 0 Å². The van der Waals surface area contributed by atoms with Crippen molar-refractivity contribution < 1.29 is 0 Å². The molecule has 0 aliphatic rings. The van der Waals surface area contributed by atoms with Crippen LogP contribution in [0.1, 0.15) is 6.42 Å². The van der Waals surface area contributed by atoms with Crippen LogP contribution >= 0.6 is 0 Å². The predicted molar refractivity (Wildman–Crippen MR) is 18.8 cm³/mol. The van der Waals surface area contributed by atoms with Crippen LogP contribution < -0.4 is 0 Å². The molecule has 0 rings (SSSR count). The molecule has 0 spiro atoms. The minimum atomic E-state index is 0.597. The molecular weight excluding hydrogens is 48.0 g/mol. The minimum absolute atomic E-state index is 0.597. The first-order valence-corrected chi connectivity index (χ1v) is 1.14. The Labute approximate surface area is 26.8 Å². The van der Waals surface area contributed by atoms with Gasteiger partial charge in [0.25, 0.3) is 0 Å². The lowest BCUT2D eigenvalue weighted by atomic mass is 10.5. The van der Waals surface area contributed by atoms with Gasteiger partial charge in [0.15, 0.2) is 0 Å². The van der Waals surface area contributed by atoms with Crippen LogP contribution in [0.25, 0.3) is 0 Å². The SMILES string of the molecule is C#CC[CH2]. The lowest BCUT2D eigenvalue weighted by Crippen LogP contribution is -1.40. The Morgan fingerprint density at radius 3 is 2.25 bits per heavy atom. The van der Waals surface area contributed by atoms with Gasteiger partial charge < -0.3 is 0 Å². The van der Waals surface area contributed by atoms with Crippen molar-refractivity contribution in [3.05, 3.63) is 6.92 Å². The van der Waals surface area contributed by atoms with Crippen LogP contribution in [0.4, 0.5) is 0 Å². The quantitative estimate of drug-likeness (QED) is 0.359. The largest absolute Gasteiger partial charge is 0.120 e. The summed E-state index contributed by atoms with van der Waals surface area (Å²) in [6.45, 7) is 3.37. The Kier molecular flexibility index (Phi) is 2.28. The maximum absolute atomic E-state index is 4.72. The van der Waals surface area contributed by atoms with Crippen molar-refractivity contribution in [2.45, 2.75) is 6.42 Å². The topological polar surface area (TPSA) is 0 Å². The summed E-state index contributed by atoms with van der Waals surface area (Å²) in [6.07, 6.45) is 5.31. The molecule has 0 saturated carbocycles. The fourth-order valence-corrected chi connectivity index (χ4v) is 0. The lowest BCUT2D eigenvalue weighted by Gasteiger charge is -1.52. The first-order chi connectivity index (χ1) is 1.91. The van der Waals surface area contributed by atoms with Gasteiger partial charge in [-0.25, -0.2) is 0 Å². The number of hydrogen-bond acceptors (Lipinski definition) is 0. The van der Waals surface area contributed by atoms with Crippen LogP contribution in [-0.4, -0.2) is 0 Å². The minimum Gasteiger partial charge on any atom is -0.120 e. The second-order valence-electron chi connectivity index (χ2n) is 0.454. The highest BCUT2D eigenvalue weighted by atomic mass is 13.5. The summed E-state index contributed by atoms with van der Waals surface area (Å²) < 4.78 is 0. The molecule has 4 heavy (non-hydrogen) atoms. The highest BCUT2D eigenvalue weighted by Gasteiger charge is 1.44. The van der Waals surface area contributed by atoms with Crippen LogP contribution in [0.5, 0.6) is 0 Å². The highest BCUT2D eigenvalue weighted by Crippen LogP contribution is 1.56. The molecule has 0 atom stereocenters. The second kappa shape index (κ2) is 2.56. The van der Waals surface area contributed by atoms with Gasteiger partial charge in [0.1, 0.15) is 0 Å². The smallest absolute Gasteiger partial charge is 0.00863 e. The molecule has 0 nitrogen and oxygen atoms in total. The lowest BCUT2D eigenvalue weighted by molar-refractivity contribution is 1.49. The van der Waals surface area contributed by atoms with Gasteiger partial charge in [0.2, 0.25) is 0 Å². The zero-order chi connectivity index (χ0) is 3.41. The van der Waals surface area contributed by atoms with Gasteiger partial charge in [-0.2, -0.15) is 0 Å². The predicted octanol–water partition coefficient (Wildman–Crippen LogP) is 0.844. The molecule has 0 amide bonds. The molecular formula is C4H5. The Bertz CT molecular complexity index is 29.8. The molecule has 0 unspecified atom stereocenters. The van der Waals surface area contributed by atoms with Crippen LogP contribution in [0.15, 0.2) is 0 Å². The van der Waals surface area contributed by atoms with Crippen molar-refractivity contribution in [2.24, 2.45) is 0 Å². The summed E-state index contributed by atoms with van der Waals surface area (Å²) in [5, 5.41) is 0. The average molecular weight is 53.1 g/mol. The summed E-state index contributed by atoms with van der Waals surface area (Å²) in [6, 6.07) is 0. The molecule has 0 aromatic rings. The Balaban J connectivity index is 2.43. The van der Waals surface area contributed by atoms with E-state index in [0.717, 1.165) is 0 Å². The average Bonchev–Trinajstić information content (AvgIpc) is 1.37. The van der Waals surface area contributed by atoms with Crippen LogP contribution in [0.2, 0.25) is 0 Å². The zero-order valence-corrected chi connectivity index (χ0v) is 2.49. The third-order valence-electron chi connectivity index (χ3n) is 0.144. The van der Waals surface area contributed by atoms with Crippen molar-refractivity contribution in [1.29, 1.82) is 0 Å². The van der Waals surface area contributed by atoms with Gasteiger partial charge in [0.05, 0.1) is 0 Å². The fraction of sp³-hybridized carbons (Fsp3) is 0.250. The summed E-state index contributed by atoms with van der Waals surface area (Å²) in [5.74, 6) is 2.32. The van der Waals surface area contributed by atoms with Crippen molar-refractivity contribution in [1.82, 2.24) is 0 Å². The normalized spacial score (nSPS) is 5.00. The molecule has 0 heteroatoms. The first-order valence-electron chi connectivity index (χ1n) is 1.14. The summed E-state index contributed by atoms with van der Waals surface area (Å²) in [5.41, 5.74) is 0. The van der Waals surface area contributed by atoms with E-state index in [1.165, 1.54) is 0 Å². The first kappa shape index (κ1) is 3.56. The summed E-state index contributed by atoms with van der Waals surface area (Å²) in [4.78, 5) is 0. The molecule has 0 bridgehead atoms. The van der Waals surface area contributed by atoms with Crippen molar-refractivity contribution >= 4 is 0 Å². The summed E-state index contributed by atoms with van der Waals surface area (Å²) >= 11 is 0. The maximum atomic E-state index is 4.72. The molecule has 0 aromatic heterocycles. The van der Waals surface area contributed by atoms with Gasteiger partial charge in [0, 0.05) is 6.42 Å². The number of terminal acetylenes is 1. The van der Waals surface area contributed by atoms with E-state index in [-0.39, 0.29) is 0 Å². The summed E-state index contributed by atoms with van der Waals surface area (Å²) in [7, 11) is 0. The third-order valence-corrected chi connectivity index (χ3v) is 0.144. The molecule has 1 radical (unpaired) electrons. The molecule has 0 heterocycles. The molecule has 21 valence electrons. The van der Waals surface area contributed by atoms with Gasteiger partial charge in [-0.05, 0) is 6.92 Å². The maximum Gasteiger partial charge on any atom is 0.00863 e. The van der Waals surface area contributed by atoms with Gasteiger partial charge >= 0.3 is 0 Å². The monoisotopic (exact) mass is 53.0 g/mol. The highest BCUT2D eigenvalue weighted by molar-refractivity contribution is 4.83. The fourth-order valence-electron chi connectivity index (χ4n) is 0. The van der Waals surface area contributed by atoms with Gasteiger partial charge in [-0.15, -0.1) is 12.3 Å². The molecule has 0 fully saturated rings. The van der Waals surface area contributed by atoms with Crippen LogP contribution in [0, 0.1) is 19.3 Å². The Morgan fingerprint density at radius 1 is 2.00 bits per heavy atom. The Morgan fingerprint density at radius 2 is 2.25 bits per heavy atom. The number of rotatable bonds is 0. The van der Waals surface area contributed by atoms with Crippen LogP contribution in [-0.2, 0) is 0 Å². The van der Waals surface area contributed by atoms with E-state index in [1.54, 1.807) is 0 Å². The third kappa shape index (κ3) is 1.56. The van der Waals surface area contributed by atoms with E-state index in [1.807, 2.05) is 0 Å². The van der Waals surface area contributed by atoms with Gasteiger partial charge in [-0.1, -0.05) is 0 Å². The molecule has 0 aromatic carbocycles. The zero-order valence-electron chi connectivity index (χ0n) is 2.49.